The van der Waals surface area contributed by atoms with E-state index in [9.17, 15) is 4.79 Å². The van der Waals surface area contributed by atoms with Crippen LogP contribution in [0, 0.1) is 5.92 Å². The fraction of sp³-hybridized carbons (Fsp3) is 0.909. The van der Waals surface area contributed by atoms with Crippen LogP contribution >= 0.6 is 0 Å². The quantitative estimate of drug-likeness (QED) is 0.703. The molecular weight excluding hydrogens is 176 g/mol. The van der Waals surface area contributed by atoms with Crippen LogP contribution in [0.25, 0.3) is 0 Å². The van der Waals surface area contributed by atoms with Gasteiger partial charge in [0.05, 0.1) is 0 Å². The van der Waals surface area contributed by atoms with Gasteiger partial charge in [0.2, 0.25) is 5.91 Å². The average molecular weight is 195 g/mol. The van der Waals surface area contributed by atoms with Crippen molar-refractivity contribution in [1.29, 1.82) is 0 Å². The maximum Gasteiger partial charge on any atom is 0.223 e. The molecule has 0 aromatic rings. The Labute approximate surface area is 85.6 Å². The highest BCUT2D eigenvalue weighted by Crippen LogP contribution is 2.23. The molecule has 1 N–H and O–H groups in total. The number of carbonyl (C=O) groups is 1. The SMILES string of the molecule is O=C(NC1CC[N]C1)C1CCCCC1. The van der Waals surface area contributed by atoms with Gasteiger partial charge in [-0.25, -0.2) is 5.32 Å². The van der Waals surface area contributed by atoms with Crippen molar-refractivity contribution in [2.75, 3.05) is 13.1 Å². The maximum atomic E-state index is 11.8. The Balaban J connectivity index is 1.75. The number of nitrogens with zero attached hydrogens (tertiary/aromatic N) is 1. The van der Waals surface area contributed by atoms with E-state index in [-0.39, 0.29) is 5.91 Å². The molecule has 1 radical (unpaired) electrons. The van der Waals surface area contributed by atoms with E-state index in [4.69, 9.17) is 0 Å². The van der Waals surface area contributed by atoms with Crippen LogP contribution in [0.4, 0.5) is 0 Å². The molecule has 3 nitrogen and oxygen atoms in total. The standard InChI is InChI=1S/C11H19N2O/c14-11(9-4-2-1-3-5-9)13-10-6-7-12-8-10/h9-10H,1-8H2,(H,13,14). The molecule has 1 atom stereocenters. The first kappa shape index (κ1) is 9.97. The van der Waals surface area contributed by atoms with Crippen molar-refractivity contribution in [3.63, 3.8) is 0 Å². The zero-order valence-electron chi connectivity index (χ0n) is 8.67. The van der Waals surface area contributed by atoms with Gasteiger partial charge in [0, 0.05) is 25.0 Å². The molecule has 0 spiro atoms. The monoisotopic (exact) mass is 195 g/mol. The zero-order valence-corrected chi connectivity index (χ0v) is 8.67. The molecule has 1 amide bonds. The van der Waals surface area contributed by atoms with E-state index in [1.54, 1.807) is 0 Å². The van der Waals surface area contributed by atoms with E-state index in [1.165, 1.54) is 19.3 Å². The molecule has 0 aromatic heterocycles. The van der Waals surface area contributed by atoms with Gasteiger partial charge in [0.25, 0.3) is 0 Å². The summed E-state index contributed by atoms with van der Waals surface area (Å²) in [6.45, 7) is 1.76. The Morgan fingerprint density at radius 3 is 2.57 bits per heavy atom. The Bertz CT molecular complexity index is 193. The summed E-state index contributed by atoms with van der Waals surface area (Å²) in [7, 11) is 0. The predicted molar refractivity (Wildman–Crippen MR) is 55.0 cm³/mol. The van der Waals surface area contributed by atoms with Gasteiger partial charge < -0.3 is 5.32 Å². The predicted octanol–water partition coefficient (Wildman–Crippen LogP) is 1.06. The lowest BCUT2D eigenvalue weighted by Gasteiger charge is -2.22. The van der Waals surface area contributed by atoms with Crippen molar-refractivity contribution < 1.29 is 4.79 Å². The van der Waals surface area contributed by atoms with Gasteiger partial charge in [-0.1, -0.05) is 19.3 Å². The average Bonchev–Trinajstić information content (AvgIpc) is 2.72. The Hall–Kier alpha value is -0.570. The molecule has 2 rings (SSSR count). The first-order valence-corrected chi connectivity index (χ1v) is 5.80. The van der Waals surface area contributed by atoms with Crippen molar-refractivity contribution >= 4 is 5.91 Å². The summed E-state index contributed by atoms with van der Waals surface area (Å²) in [5.41, 5.74) is 0. The number of rotatable bonds is 2. The van der Waals surface area contributed by atoms with Crippen molar-refractivity contribution in [3.05, 3.63) is 0 Å². The summed E-state index contributed by atoms with van der Waals surface area (Å²) in [6.07, 6.45) is 6.99. The molecule has 1 saturated carbocycles. The van der Waals surface area contributed by atoms with Crippen LogP contribution in [0.3, 0.4) is 0 Å². The van der Waals surface area contributed by atoms with Gasteiger partial charge in [-0.15, -0.1) is 0 Å². The second-order valence-electron chi connectivity index (χ2n) is 4.46. The van der Waals surface area contributed by atoms with Crippen molar-refractivity contribution in [2.45, 2.75) is 44.6 Å². The molecule has 3 heteroatoms. The number of hydrogen-bond donors (Lipinski definition) is 1. The van der Waals surface area contributed by atoms with Gasteiger partial charge in [-0.3, -0.25) is 4.79 Å². The molecule has 1 saturated heterocycles. The van der Waals surface area contributed by atoms with Gasteiger partial charge >= 0.3 is 0 Å². The van der Waals surface area contributed by atoms with Crippen LogP contribution in [0.1, 0.15) is 38.5 Å². The highest BCUT2D eigenvalue weighted by molar-refractivity contribution is 5.79. The van der Waals surface area contributed by atoms with Crippen molar-refractivity contribution in [2.24, 2.45) is 5.92 Å². The Kier molecular flexibility index (Phi) is 3.40. The summed E-state index contributed by atoms with van der Waals surface area (Å²) >= 11 is 0. The molecule has 14 heavy (non-hydrogen) atoms. The van der Waals surface area contributed by atoms with Gasteiger partial charge in [-0.05, 0) is 19.3 Å². The summed E-state index contributed by atoms with van der Waals surface area (Å²) < 4.78 is 0. The molecule has 1 aliphatic carbocycles. The third-order valence-electron chi connectivity index (χ3n) is 3.31. The van der Waals surface area contributed by atoms with E-state index in [2.05, 4.69) is 10.6 Å². The summed E-state index contributed by atoms with van der Waals surface area (Å²) in [5.74, 6) is 0.580. The molecular formula is C11H19N2O. The number of nitrogens with one attached hydrogen (secondary N) is 1. The molecule has 2 fully saturated rings. The molecule has 2 aliphatic rings. The van der Waals surface area contributed by atoms with Crippen LogP contribution in [0.5, 0.6) is 0 Å². The highest BCUT2D eigenvalue weighted by Gasteiger charge is 2.24. The summed E-state index contributed by atoms with van der Waals surface area (Å²) in [5, 5.41) is 7.36. The second kappa shape index (κ2) is 4.78. The van der Waals surface area contributed by atoms with E-state index in [1.807, 2.05) is 0 Å². The van der Waals surface area contributed by atoms with Crippen LogP contribution in [-0.4, -0.2) is 25.0 Å². The molecule has 0 bridgehead atoms. The molecule has 1 unspecified atom stereocenters. The van der Waals surface area contributed by atoms with Crippen LogP contribution < -0.4 is 10.6 Å². The third kappa shape index (κ3) is 2.47. The minimum Gasteiger partial charge on any atom is -0.352 e. The van der Waals surface area contributed by atoms with Gasteiger partial charge in [0.15, 0.2) is 0 Å². The van der Waals surface area contributed by atoms with E-state index in [0.29, 0.717) is 12.0 Å². The van der Waals surface area contributed by atoms with Gasteiger partial charge in [0.1, 0.15) is 0 Å². The normalized spacial score (nSPS) is 29.0. The maximum absolute atomic E-state index is 11.8. The lowest BCUT2D eigenvalue weighted by molar-refractivity contribution is -0.126. The third-order valence-corrected chi connectivity index (χ3v) is 3.31. The molecule has 1 heterocycles. The number of carbonyl (C=O) groups excluding carboxylic acids is 1. The van der Waals surface area contributed by atoms with E-state index >= 15 is 0 Å². The fourth-order valence-corrected chi connectivity index (χ4v) is 2.39. The van der Waals surface area contributed by atoms with E-state index in [0.717, 1.165) is 32.4 Å². The number of hydrogen-bond acceptors (Lipinski definition) is 1. The first-order chi connectivity index (χ1) is 6.86. The smallest absolute Gasteiger partial charge is 0.223 e. The van der Waals surface area contributed by atoms with Crippen molar-refractivity contribution in [3.8, 4) is 0 Å². The van der Waals surface area contributed by atoms with E-state index < -0.39 is 0 Å². The van der Waals surface area contributed by atoms with Crippen LogP contribution in [0.2, 0.25) is 0 Å². The minimum atomic E-state index is 0.284. The number of amides is 1. The summed E-state index contributed by atoms with van der Waals surface area (Å²) in [4.78, 5) is 11.8. The van der Waals surface area contributed by atoms with Crippen LogP contribution in [-0.2, 0) is 4.79 Å². The fourth-order valence-electron chi connectivity index (χ4n) is 2.39. The molecule has 0 aromatic carbocycles. The van der Waals surface area contributed by atoms with Crippen LogP contribution in [0.15, 0.2) is 0 Å². The lowest BCUT2D eigenvalue weighted by Crippen LogP contribution is -2.40. The first-order valence-electron chi connectivity index (χ1n) is 5.80. The van der Waals surface area contributed by atoms with Gasteiger partial charge in [-0.2, -0.15) is 0 Å². The lowest BCUT2D eigenvalue weighted by atomic mass is 9.88. The zero-order chi connectivity index (χ0) is 9.80. The highest BCUT2D eigenvalue weighted by atomic mass is 16.1. The molecule has 1 aliphatic heterocycles. The second-order valence-corrected chi connectivity index (χ2v) is 4.46. The molecule has 79 valence electrons. The topological polar surface area (TPSA) is 43.2 Å². The summed E-state index contributed by atoms with van der Waals surface area (Å²) in [6, 6.07) is 0.337. The minimum absolute atomic E-state index is 0.284. The van der Waals surface area contributed by atoms with Crippen molar-refractivity contribution in [1.82, 2.24) is 10.6 Å². The largest absolute Gasteiger partial charge is 0.352 e. The Morgan fingerprint density at radius 1 is 1.14 bits per heavy atom. The Morgan fingerprint density at radius 2 is 1.93 bits per heavy atom.